The van der Waals surface area contributed by atoms with Crippen LogP contribution in [0.3, 0.4) is 0 Å². The van der Waals surface area contributed by atoms with E-state index in [0.717, 1.165) is 24.0 Å². The van der Waals surface area contributed by atoms with E-state index in [1.807, 2.05) is 43.9 Å². The van der Waals surface area contributed by atoms with E-state index in [-0.39, 0.29) is 11.3 Å². The summed E-state index contributed by atoms with van der Waals surface area (Å²) >= 11 is 0. The molecule has 180 valence electrons. The molecule has 0 radical (unpaired) electrons. The summed E-state index contributed by atoms with van der Waals surface area (Å²) in [6, 6.07) is 9.29. The van der Waals surface area contributed by atoms with E-state index in [2.05, 4.69) is 60.8 Å². The molecule has 0 saturated carbocycles. The van der Waals surface area contributed by atoms with Crippen LogP contribution in [0.2, 0.25) is 0 Å². The zero-order valence-corrected chi connectivity index (χ0v) is 21.2. The molecule has 1 N–H and O–H groups in total. The molecule has 2 aromatic rings. The van der Waals surface area contributed by atoms with Gasteiger partial charge in [-0.3, -0.25) is 4.79 Å². The monoisotopic (exact) mass is 466 g/mol. The van der Waals surface area contributed by atoms with E-state index in [0.29, 0.717) is 17.3 Å². The van der Waals surface area contributed by atoms with Crippen LogP contribution in [-0.4, -0.2) is 15.5 Å². The van der Waals surface area contributed by atoms with Gasteiger partial charge >= 0.3 is 0 Å². The molecule has 1 aliphatic rings. The van der Waals surface area contributed by atoms with E-state index in [9.17, 15) is 4.79 Å². The van der Waals surface area contributed by atoms with E-state index in [4.69, 9.17) is 5.26 Å². The highest BCUT2D eigenvalue weighted by atomic mass is 16.1. The van der Waals surface area contributed by atoms with Gasteiger partial charge in [-0.25, -0.2) is 4.98 Å². The normalized spacial score (nSPS) is 18.8. The number of carbonyl (C=O) groups excluding carboxylic acids is 1. The lowest BCUT2D eigenvalue weighted by atomic mass is 9.71. The van der Waals surface area contributed by atoms with Crippen molar-refractivity contribution >= 4 is 11.6 Å². The van der Waals surface area contributed by atoms with Crippen molar-refractivity contribution in [1.82, 2.24) is 9.55 Å². The smallest absolute Gasteiger partial charge is 0.248 e. The Morgan fingerprint density at radius 1 is 1.26 bits per heavy atom. The van der Waals surface area contributed by atoms with Gasteiger partial charge in [-0.2, -0.15) is 5.26 Å². The van der Waals surface area contributed by atoms with Gasteiger partial charge in [-0.1, -0.05) is 55.9 Å². The van der Waals surface area contributed by atoms with Crippen LogP contribution in [-0.2, 0) is 4.79 Å². The molecular formula is C30H34N4O. The maximum Gasteiger partial charge on any atom is 0.248 e. The van der Waals surface area contributed by atoms with Gasteiger partial charge in [0, 0.05) is 24.2 Å². The Labute approximate surface area is 208 Å². The summed E-state index contributed by atoms with van der Waals surface area (Å²) in [7, 11) is 0. The van der Waals surface area contributed by atoms with Crippen molar-refractivity contribution in [2.45, 2.75) is 53.5 Å². The van der Waals surface area contributed by atoms with Crippen LogP contribution in [0.25, 0.3) is 0 Å². The first kappa shape index (κ1) is 25.7. The molecule has 1 aromatic carbocycles. The number of rotatable bonds is 7. The number of amides is 1. The van der Waals surface area contributed by atoms with Crippen molar-refractivity contribution in [1.29, 1.82) is 5.26 Å². The predicted molar refractivity (Wildman–Crippen MR) is 143 cm³/mol. The molecule has 0 spiro atoms. The Hall–Kier alpha value is -3.91. The van der Waals surface area contributed by atoms with E-state index >= 15 is 0 Å². The molecule has 1 unspecified atom stereocenters. The standard InChI is InChI=1S/C30H34N4O/c1-22(8-6-9-23(2)18-29(35)33-26-11-7-10-25(19-26)20-31)12-13-27-24(3)28(14-15-30(27,4)5)34-17-16-32-21-34/h6-13,16-19,21,28H,14-15H2,1-5H3,(H,33,35). The van der Waals surface area contributed by atoms with E-state index < -0.39 is 0 Å². The summed E-state index contributed by atoms with van der Waals surface area (Å²) < 4.78 is 2.20. The van der Waals surface area contributed by atoms with Crippen LogP contribution in [0.4, 0.5) is 5.69 Å². The fourth-order valence-electron chi connectivity index (χ4n) is 4.47. The summed E-state index contributed by atoms with van der Waals surface area (Å²) in [5, 5.41) is 11.8. The van der Waals surface area contributed by atoms with Crippen LogP contribution < -0.4 is 5.32 Å². The highest BCUT2D eigenvalue weighted by Crippen LogP contribution is 2.45. The number of carbonyl (C=O) groups is 1. The Bertz CT molecular complexity index is 1250. The molecule has 1 atom stereocenters. The summed E-state index contributed by atoms with van der Waals surface area (Å²) in [5.41, 5.74) is 5.99. The number of nitriles is 1. The molecule has 0 bridgehead atoms. The number of imidazole rings is 1. The van der Waals surface area contributed by atoms with Crippen molar-refractivity contribution in [3.8, 4) is 6.07 Å². The number of allylic oxidation sites excluding steroid dienone is 9. The van der Waals surface area contributed by atoms with Gasteiger partial charge in [0.2, 0.25) is 5.91 Å². The fourth-order valence-corrected chi connectivity index (χ4v) is 4.47. The number of hydrogen-bond donors (Lipinski definition) is 1. The zero-order chi connectivity index (χ0) is 25.4. The third-order valence-electron chi connectivity index (χ3n) is 6.43. The van der Waals surface area contributed by atoms with Gasteiger partial charge < -0.3 is 9.88 Å². The highest BCUT2D eigenvalue weighted by Gasteiger charge is 2.32. The summed E-state index contributed by atoms with van der Waals surface area (Å²) in [5.74, 6) is -0.225. The molecule has 1 amide bonds. The van der Waals surface area contributed by atoms with Crippen molar-refractivity contribution in [3.63, 3.8) is 0 Å². The molecular weight excluding hydrogens is 432 g/mol. The first-order valence-corrected chi connectivity index (χ1v) is 11.9. The number of anilines is 1. The molecule has 5 heteroatoms. The number of benzene rings is 1. The maximum absolute atomic E-state index is 12.3. The number of nitrogens with zero attached hydrogens (tertiary/aromatic N) is 3. The SMILES string of the molecule is CC(C=CC1=C(C)C(n2ccnc2)CCC1(C)C)=CC=CC(C)=CC(=O)Nc1cccc(C#N)c1. The first-order valence-electron chi connectivity index (χ1n) is 11.9. The number of nitrogens with one attached hydrogen (secondary N) is 1. The molecule has 1 aliphatic carbocycles. The topological polar surface area (TPSA) is 70.7 Å². The van der Waals surface area contributed by atoms with Crippen LogP contribution >= 0.6 is 0 Å². The third-order valence-corrected chi connectivity index (χ3v) is 6.43. The molecule has 35 heavy (non-hydrogen) atoms. The minimum Gasteiger partial charge on any atom is -0.330 e. The Morgan fingerprint density at radius 3 is 2.77 bits per heavy atom. The summed E-state index contributed by atoms with van der Waals surface area (Å²) in [6.45, 7) is 10.8. The van der Waals surface area contributed by atoms with E-state index in [1.54, 1.807) is 30.3 Å². The Balaban J connectivity index is 1.66. The second-order valence-electron chi connectivity index (χ2n) is 9.72. The first-order chi connectivity index (χ1) is 16.7. The molecule has 1 heterocycles. The van der Waals surface area contributed by atoms with Gasteiger partial charge in [0.05, 0.1) is 24.0 Å². The van der Waals surface area contributed by atoms with Gasteiger partial charge in [0.25, 0.3) is 0 Å². The molecule has 1 aromatic heterocycles. The van der Waals surface area contributed by atoms with Gasteiger partial charge in [0.15, 0.2) is 0 Å². The lowest BCUT2D eigenvalue weighted by Gasteiger charge is -2.37. The predicted octanol–water partition coefficient (Wildman–Crippen LogP) is 7.08. The van der Waals surface area contributed by atoms with Gasteiger partial charge in [0.1, 0.15) is 0 Å². The fraction of sp³-hybridized carbons (Fsp3) is 0.300. The van der Waals surface area contributed by atoms with E-state index in [1.165, 1.54) is 11.1 Å². The summed E-state index contributed by atoms with van der Waals surface area (Å²) in [4.78, 5) is 16.5. The van der Waals surface area contributed by atoms with Crippen LogP contribution in [0.5, 0.6) is 0 Å². The molecule has 0 fully saturated rings. The zero-order valence-electron chi connectivity index (χ0n) is 21.2. The Morgan fingerprint density at radius 2 is 2.06 bits per heavy atom. The van der Waals surface area contributed by atoms with Crippen LogP contribution in [0.15, 0.2) is 102 Å². The average molecular weight is 467 g/mol. The molecule has 5 nitrogen and oxygen atoms in total. The minimum absolute atomic E-state index is 0.132. The van der Waals surface area contributed by atoms with Gasteiger partial charge in [-0.05, 0) is 73.9 Å². The lowest BCUT2D eigenvalue weighted by Crippen LogP contribution is -2.25. The van der Waals surface area contributed by atoms with Crippen molar-refractivity contribution in [3.05, 3.63) is 107 Å². The van der Waals surface area contributed by atoms with Crippen molar-refractivity contribution < 1.29 is 4.79 Å². The lowest BCUT2D eigenvalue weighted by molar-refractivity contribution is -0.111. The minimum atomic E-state index is -0.225. The Kier molecular flexibility index (Phi) is 8.43. The largest absolute Gasteiger partial charge is 0.330 e. The molecule has 0 saturated heterocycles. The van der Waals surface area contributed by atoms with Crippen LogP contribution in [0.1, 0.15) is 59.1 Å². The second-order valence-corrected chi connectivity index (χ2v) is 9.72. The summed E-state index contributed by atoms with van der Waals surface area (Å²) in [6.07, 6.45) is 19.9. The van der Waals surface area contributed by atoms with Crippen LogP contribution in [0, 0.1) is 16.7 Å². The average Bonchev–Trinajstić information content (AvgIpc) is 3.33. The van der Waals surface area contributed by atoms with Crippen molar-refractivity contribution in [2.24, 2.45) is 5.41 Å². The molecule has 0 aliphatic heterocycles. The maximum atomic E-state index is 12.3. The van der Waals surface area contributed by atoms with Crippen molar-refractivity contribution in [2.75, 3.05) is 5.32 Å². The number of aromatic nitrogens is 2. The number of hydrogen-bond acceptors (Lipinski definition) is 3. The second kappa shape index (κ2) is 11.5. The third kappa shape index (κ3) is 7.04. The quantitative estimate of drug-likeness (QED) is 0.350. The highest BCUT2D eigenvalue weighted by molar-refractivity contribution is 6.00. The van der Waals surface area contributed by atoms with Gasteiger partial charge in [-0.15, -0.1) is 0 Å². The molecule has 3 rings (SSSR count).